The van der Waals surface area contributed by atoms with Crippen LogP contribution in [0, 0.1) is 11.8 Å². The lowest BCUT2D eigenvalue weighted by Gasteiger charge is -2.33. The molecule has 0 radical (unpaired) electrons. The van der Waals surface area contributed by atoms with Crippen LogP contribution in [0.5, 0.6) is 0 Å². The van der Waals surface area contributed by atoms with Crippen LogP contribution in [0.2, 0.25) is 0 Å². The van der Waals surface area contributed by atoms with E-state index in [1.54, 1.807) is 0 Å². The molecule has 2 rings (SSSR count). The Hall–Kier alpha value is -0.470. The molecule has 1 saturated heterocycles. The van der Waals surface area contributed by atoms with Gasteiger partial charge in [0.1, 0.15) is 0 Å². The molecule has 1 nitrogen and oxygen atoms in total. The maximum absolute atomic E-state index is 2.62. The maximum atomic E-state index is 2.62. The molecule has 1 aliphatic heterocycles. The molecule has 1 fully saturated rings. The molecule has 2 heteroatoms. The van der Waals surface area contributed by atoms with E-state index >= 15 is 0 Å². The van der Waals surface area contributed by atoms with Crippen LogP contribution >= 0.6 is 11.8 Å². The summed E-state index contributed by atoms with van der Waals surface area (Å²) in [6, 6.07) is 9.10. The van der Waals surface area contributed by atoms with Gasteiger partial charge in [0, 0.05) is 16.7 Å². The molecule has 0 aromatic heterocycles. The van der Waals surface area contributed by atoms with Gasteiger partial charge in [-0.15, -0.1) is 11.8 Å². The molecule has 0 atom stereocenters. The predicted octanol–water partition coefficient (Wildman–Crippen LogP) is 5.06. The van der Waals surface area contributed by atoms with Crippen LogP contribution in [0.25, 0.3) is 0 Å². The summed E-state index contributed by atoms with van der Waals surface area (Å²) in [5.41, 5.74) is 1.47. The minimum Gasteiger partial charge on any atom is -0.299 e. The number of thioether (sulfide) groups is 1. The van der Waals surface area contributed by atoms with Crippen molar-refractivity contribution in [3.8, 4) is 0 Å². The van der Waals surface area contributed by atoms with Gasteiger partial charge in [0.2, 0.25) is 0 Å². The molecule has 0 unspecified atom stereocenters. The first kappa shape index (κ1) is 15.9. The topological polar surface area (TPSA) is 3.24 Å². The monoisotopic (exact) mass is 291 g/mol. The molecule has 20 heavy (non-hydrogen) atoms. The van der Waals surface area contributed by atoms with Crippen LogP contribution in [-0.2, 0) is 6.54 Å². The molecule has 0 aliphatic carbocycles. The zero-order valence-corrected chi connectivity index (χ0v) is 14.2. The first-order valence-electron chi connectivity index (χ1n) is 8.02. The van der Waals surface area contributed by atoms with Gasteiger partial charge in [0.25, 0.3) is 0 Å². The molecule has 1 aromatic carbocycles. The standard InChI is InChI=1S/C18H29NS/c1-14(2)17-8-10-19(11-9-17)13-16-6-5-7-18(12-16)20-15(3)4/h5-7,12,14-15,17H,8-11,13H2,1-4H3. The van der Waals surface area contributed by atoms with E-state index in [2.05, 4.69) is 56.9 Å². The Bertz CT molecular complexity index is 406. The molecule has 1 heterocycles. The summed E-state index contributed by atoms with van der Waals surface area (Å²) in [6.45, 7) is 12.9. The van der Waals surface area contributed by atoms with Crippen molar-refractivity contribution in [3.63, 3.8) is 0 Å². The average molecular weight is 292 g/mol. The van der Waals surface area contributed by atoms with Gasteiger partial charge in [0.15, 0.2) is 0 Å². The van der Waals surface area contributed by atoms with Crippen LogP contribution in [-0.4, -0.2) is 23.2 Å². The first-order chi connectivity index (χ1) is 9.54. The second-order valence-electron chi connectivity index (χ2n) is 6.67. The van der Waals surface area contributed by atoms with Crippen LogP contribution in [0.4, 0.5) is 0 Å². The Morgan fingerprint density at radius 3 is 2.45 bits per heavy atom. The van der Waals surface area contributed by atoms with E-state index in [-0.39, 0.29) is 0 Å². The molecule has 0 N–H and O–H groups in total. The quantitative estimate of drug-likeness (QED) is 0.698. The highest BCUT2D eigenvalue weighted by Gasteiger charge is 2.21. The van der Waals surface area contributed by atoms with Gasteiger partial charge in [-0.3, -0.25) is 4.90 Å². The van der Waals surface area contributed by atoms with Gasteiger partial charge >= 0.3 is 0 Å². The molecule has 112 valence electrons. The summed E-state index contributed by atoms with van der Waals surface area (Å²) >= 11 is 1.96. The van der Waals surface area contributed by atoms with E-state index in [0.717, 1.165) is 18.4 Å². The number of piperidine rings is 1. The molecule has 0 bridgehead atoms. The van der Waals surface area contributed by atoms with Gasteiger partial charge in [-0.1, -0.05) is 39.8 Å². The number of rotatable bonds is 5. The first-order valence-corrected chi connectivity index (χ1v) is 8.90. The summed E-state index contributed by atoms with van der Waals surface area (Å²) in [5.74, 6) is 1.79. The highest BCUT2D eigenvalue weighted by atomic mass is 32.2. The van der Waals surface area contributed by atoms with Gasteiger partial charge < -0.3 is 0 Å². The number of hydrogen-bond acceptors (Lipinski definition) is 2. The summed E-state index contributed by atoms with van der Waals surface area (Å²) in [7, 11) is 0. The highest BCUT2D eigenvalue weighted by Crippen LogP contribution is 2.27. The van der Waals surface area contributed by atoms with Gasteiger partial charge in [0.05, 0.1) is 0 Å². The van der Waals surface area contributed by atoms with Crippen molar-refractivity contribution in [3.05, 3.63) is 29.8 Å². The molecular weight excluding hydrogens is 262 g/mol. The fourth-order valence-corrected chi connectivity index (χ4v) is 3.95. The van der Waals surface area contributed by atoms with Crippen LogP contribution in [0.15, 0.2) is 29.2 Å². The summed E-state index contributed by atoms with van der Waals surface area (Å²) in [6.07, 6.45) is 2.75. The average Bonchev–Trinajstić information content (AvgIpc) is 2.39. The maximum Gasteiger partial charge on any atom is 0.0234 e. The second-order valence-corrected chi connectivity index (χ2v) is 8.32. The van der Waals surface area contributed by atoms with Crippen LogP contribution < -0.4 is 0 Å². The van der Waals surface area contributed by atoms with Crippen molar-refractivity contribution in [1.29, 1.82) is 0 Å². The van der Waals surface area contributed by atoms with E-state index in [4.69, 9.17) is 0 Å². The minimum atomic E-state index is 0.659. The lowest BCUT2D eigenvalue weighted by Crippen LogP contribution is -2.34. The van der Waals surface area contributed by atoms with Crippen LogP contribution in [0.1, 0.15) is 46.1 Å². The van der Waals surface area contributed by atoms with Gasteiger partial charge in [-0.05, 0) is 55.5 Å². The van der Waals surface area contributed by atoms with E-state index in [1.807, 2.05) is 11.8 Å². The Kier molecular flexibility index (Phi) is 5.98. The van der Waals surface area contributed by atoms with Crippen LogP contribution in [0.3, 0.4) is 0 Å². The highest BCUT2D eigenvalue weighted by molar-refractivity contribution is 7.99. The van der Waals surface area contributed by atoms with Gasteiger partial charge in [-0.2, -0.15) is 0 Å². The Labute approximate surface area is 129 Å². The molecular formula is C18H29NS. The SMILES string of the molecule is CC(C)Sc1cccc(CN2CCC(C(C)C)CC2)c1. The summed E-state index contributed by atoms with van der Waals surface area (Å²) in [5, 5.41) is 0.659. The fraction of sp³-hybridized carbons (Fsp3) is 0.667. The fourth-order valence-electron chi connectivity index (χ4n) is 3.03. The van der Waals surface area contributed by atoms with E-state index in [1.165, 1.54) is 36.4 Å². The lowest BCUT2D eigenvalue weighted by molar-refractivity contribution is 0.152. The lowest BCUT2D eigenvalue weighted by atomic mass is 9.86. The Morgan fingerprint density at radius 2 is 1.85 bits per heavy atom. The van der Waals surface area contributed by atoms with E-state index in [0.29, 0.717) is 5.25 Å². The van der Waals surface area contributed by atoms with Crippen molar-refractivity contribution in [2.24, 2.45) is 11.8 Å². The second kappa shape index (κ2) is 7.51. The van der Waals surface area contributed by atoms with E-state index in [9.17, 15) is 0 Å². The normalized spacial score (nSPS) is 18.1. The zero-order valence-electron chi connectivity index (χ0n) is 13.4. The third kappa shape index (κ3) is 4.82. The smallest absolute Gasteiger partial charge is 0.0234 e. The van der Waals surface area contributed by atoms with Crippen molar-refractivity contribution in [2.75, 3.05) is 13.1 Å². The molecule has 0 saturated carbocycles. The predicted molar refractivity (Wildman–Crippen MR) is 90.3 cm³/mol. The van der Waals surface area contributed by atoms with Crippen molar-refractivity contribution >= 4 is 11.8 Å². The van der Waals surface area contributed by atoms with Crippen molar-refractivity contribution in [1.82, 2.24) is 4.90 Å². The zero-order chi connectivity index (χ0) is 14.5. The largest absolute Gasteiger partial charge is 0.299 e. The third-order valence-electron chi connectivity index (χ3n) is 4.25. The molecule has 0 spiro atoms. The summed E-state index contributed by atoms with van der Waals surface area (Å²) in [4.78, 5) is 4.03. The van der Waals surface area contributed by atoms with Crippen molar-refractivity contribution in [2.45, 2.75) is 57.2 Å². The number of hydrogen-bond donors (Lipinski definition) is 0. The summed E-state index contributed by atoms with van der Waals surface area (Å²) < 4.78 is 0. The molecule has 1 aromatic rings. The minimum absolute atomic E-state index is 0.659. The number of nitrogens with zero attached hydrogens (tertiary/aromatic N) is 1. The third-order valence-corrected chi connectivity index (χ3v) is 5.25. The number of likely N-dealkylation sites (tertiary alicyclic amines) is 1. The Balaban J connectivity index is 1.88. The van der Waals surface area contributed by atoms with E-state index < -0.39 is 0 Å². The molecule has 0 amide bonds. The molecule has 1 aliphatic rings. The number of benzene rings is 1. The Morgan fingerprint density at radius 1 is 1.15 bits per heavy atom. The van der Waals surface area contributed by atoms with Gasteiger partial charge in [-0.25, -0.2) is 0 Å². The van der Waals surface area contributed by atoms with Crippen molar-refractivity contribution < 1.29 is 0 Å².